The second kappa shape index (κ2) is 5.85. The second-order valence-electron chi connectivity index (χ2n) is 3.76. The maximum Gasteiger partial charge on any atom is 0.312 e. The van der Waals surface area contributed by atoms with Gasteiger partial charge in [0.25, 0.3) is 0 Å². The van der Waals surface area contributed by atoms with E-state index in [4.69, 9.17) is 9.84 Å². The Morgan fingerprint density at radius 3 is 2.78 bits per heavy atom. The summed E-state index contributed by atoms with van der Waals surface area (Å²) in [5, 5.41) is 22.3. The van der Waals surface area contributed by atoms with E-state index in [2.05, 4.69) is 5.32 Å². The van der Waals surface area contributed by atoms with E-state index in [9.17, 15) is 14.9 Å². The highest BCUT2D eigenvalue weighted by molar-refractivity contribution is 5.70. The average molecular weight is 254 g/mol. The molecule has 1 atom stereocenters. The maximum absolute atomic E-state index is 10.8. The number of nitro groups is 1. The first-order valence-electron chi connectivity index (χ1n) is 5.24. The van der Waals surface area contributed by atoms with Crippen molar-refractivity contribution >= 4 is 17.3 Å². The fourth-order valence-corrected chi connectivity index (χ4v) is 1.30. The quantitative estimate of drug-likeness (QED) is 0.592. The van der Waals surface area contributed by atoms with Crippen LogP contribution in [0.25, 0.3) is 0 Å². The third-order valence-corrected chi connectivity index (χ3v) is 2.41. The van der Waals surface area contributed by atoms with Crippen LogP contribution in [0.4, 0.5) is 11.4 Å². The molecule has 1 aromatic carbocycles. The molecule has 98 valence electrons. The van der Waals surface area contributed by atoms with Crippen LogP contribution in [0, 0.1) is 16.0 Å². The Morgan fingerprint density at radius 2 is 2.28 bits per heavy atom. The molecule has 0 fully saturated rings. The number of anilines is 1. The highest BCUT2D eigenvalue weighted by Gasteiger charge is 2.16. The van der Waals surface area contributed by atoms with Crippen LogP contribution in [0.15, 0.2) is 18.2 Å². The van der Waals surface area contributed by atoms with Crippen molar-refractivity contribution in [2.45, 2.75) is 6.92 Å². The van der Waals surface area contributed by atoms with Crippen LogP contribution in [0.3, 0.4) is 0 Å². The van der Waals surface area contributed by atoms with Gasteiger partial charge in [0.2, 0.25) is 0 Å². The molecule has 2 N–H and O–H groups in total. The lowest BCUT2D eigenvalue weighted by atomic mass is 10.2. The topological polar surface area (TPSA) is 102 Å². The molecule has 0 aliphatic carbocycles. The van der Waals surface area contributed by atoms with Gasteiger partial charge >= 0.3 is 11.7 Å². The Kier molecular flexibility index (Phi) is 4.47. The summed E-state index contributed by atoms with van der Waals surface area (Å²) in [6.07, 6.45) is 0. The summed E-state index contributed by atoms with van der Waals surface area (Å²) in [6.45, 7) is 1.74. The summed E-state index contributed by atoms with van der Waals surface area (Å²) in [4.78, 5) is 20.9. The van der Waals surface area contributed by atoms with Gasteiger partial charge in [-0.05, 0) is 12.1 Å². The number of hydrogen-bond donors (Lipinski definition) is 2. The zero-order chi connectivity index (χ0) is 13.7. The summed E-state index contributed by atoms with van der Waals surface area (Å²) < 4.78 is 4.86. The Balaban J connectivity index is 2.82. The molecule has 1 unspecified atom stereocenters. The summed E-state index contributed by atoms with van der Waals surface area (Å²) in [6, 6.07) is 4.37. The van der Waals surface area contributed by atoms with Gasteiger partial charge in [-0.25, -0.2) is 0 Å². The van der Waals surface area contributed by atoms with Crippen molar-refractivity contribution < 1.29 is 19.6 Å². The zero-order valence-electron chi connectivity index (χ0n) is 10.0. The van der Waals surface area contributed by atoms with Crippen molar-refractivity contribution in [3.05, 3.63) is 28.3 Å². The van der Waals surface area contributed by atoms with Gasteiger partial charge in [-0.3, -0.25) is 14.9 Å². The van der Waals surface area contributed by atoms with Crippen LogP contribution in [0.5, 0.6) is 5.75 Å². The Morgan fingerprint density at radius 1 is 1.61 bits per heavy atom. The molecule has 7 nitrogen and oxygen atoms in total. The molecule has 0 aliphatic heterocycles. The van der Waals surface area contributed by atoms with E-state index in [1.807, 2.05) is 0 Å². The smallest absolute Gasteiger partial charge is 0.312 e. The number of nitrogens with one attached hydrogen (secondary N) is 1. The molecule has 0 aromatic heterocycles. The molecule has 0 amide bonds. The number of aliphatic carboxylic acids is 1. The van der Waals surface area contributed by atoms with E-state index >= 15 is 0 Å². The number of carboxylic acids is 1. The zero-order valence-corrected chi connectivity index (χ0v) is 10.0. The van der Waals surface area contributed by atoms with Gasteiger partial charge in [0.05, 0.1) is 18.0 Å². The molecule has 0 heterocycles. The number of benzene rings is 1. The van der Waals surface area contributed by atoms with E-state index in [1.54, 1.807) is 13.0 Å². The lowest BCUT2D eigenvalue weighted by Gasteiger charge is -2.10. The minimum Gasteiger partial charge on any atom is -0.490 e. The van der Waals surface area contributed by atoms with Crippen LogP contribution < -0.4 is 10.1 Å². The van der Waals surface area contributed by atoms with Gasteiger partial charge in [0.15, 0.2) is 5.75 Å². The lowest BCUT2D eigenvalue weighted by molar-refractivity contribution is -0.385. The van der Waals surface area contributed by atoms with Crippen molar-refractivity contribution in [1.29, 1.82) is 0 Å². The number of carboxylic acid groups (broad SMARTS) is 1. The van der Waals surface area contributed by atoms with E-state index in [-0.39, 0.29) is 18.0 Å². The van der Waals surface area contributed by atoms with Crippen LogP contribution in [-0.2, 0) is 4.79 Å². The first kappa shape index (κ1) is 13.8. The molecule has 18 heavy (non-hydrogen) atoms. The Bertz CT molecular complexity index is 461. The van der Waals surface area contributed by atoms with Gasteiger partial charge in [-0.2, -0.15) is 0 Å². The lowest BCUT2D eigenvalue weighted by Crippen LogP contribution is -2.19. The molecule has 0 radical (unpaired) electrons. The SMILES string of the molecule is COc1ccc(NCC(C)C(=O)O)cc1[N+](=O)[O-]. The Hall–Kier alpha value is -2.31. The fraction of sp³-hybridized carbons (Fsp3) is 0.364. The van der Waals surface area contributed by atoms with Gasteiger partial charge in [-0.1, -0.05) is 6.92 Å². The molecule has 0 bridgehead atoms. The first-order valence-corrected chi connectivity index (χ1v) is 5.24. The molecular formula is C11H14N2O5. The van der Waals surface area contributed by atoms with E-state index in [0.29, 0.717) is 5.69 Å². The minimum absolute atomic E-state index is 0.162. The van der Waals surface area contributed by atoms with Crippen molar-refractivity contribution in [1.82, 2.24) is 0 Å². The number of hydrogen-bond acceptors (Lipinski definition) is 5. The Labute approximate surface area is 104 Å². The predicted octanol–water partition coefficient (Wildman–Crippen LogP) is 1.74. The third kappa shape index (κ3) is 3.34. The molecule has 1 aromatic rings. The molecule has 0 saturated heterocycles. The van der Waals surface area contributed by atoms with Crippen LogP contribution in [-0.4, -0.2) is 29.7 Å². The third-order valence-electron chi connectivity index (χ3n) is 2.41. The van der Waals surface area contributed by atoms with Crippen molar-refractivity contribution in [2.75, 3.05) is 19.0 Å². The normalized spacial score (nSPS) is 11.7. The summed E-state index contributed by atoms with van der Waals surface area (Å²) >= 11 is 0. The summed E-state index contributed by atoms with van der Waals surface area (Å²) in [7, 11) is 1.35. The monoisotopic (exact) mass is 254 g/mol. The highest BCUT2D eigenvalue weighted by atomic mass is 16.6. The number of ether oxygens (including phenoxy) is 1. The summed E-state index contributed by atoms with van der Waals surface area (Å²) in [5.41, 5.74) is 0.320. The average Bonchev–Trinajstić information content (AvgIpc) is 2.35. The van der Waals surface area contributed by atoms with Crippen LogP contribution in [0.1, 0.15) is 6.92 Å². The fourth-order valence-electron chi connectivity index (χ4n) is 1.30. The van der Waals surface area contributed by atoms with Crippen molar-refractivity contribution in [3.63, 3.8) is 0 Å². The van der Waals surface area contributed by atoms with Gasteiger partial charge in [0, 0.05) is 18.3 Å². The minimum atomic E-state index is -0.925. The molecule has 0 spiro atoms. The second-order valence-corrected chi connectivity index (χ2v) is 3.76. The highest BCUT2D eigenvalue weighted by Crippen LogP contribution is 2.29. The van der Waals surface area contributed by atoms with E-state index in [1.165, 1.54) is 19.2 Å². The standard InChI is InChI=1S/C11H14N2O5/c1-7(11(14)15)6-12-8-3-4-10(18-2)9(5-8)13(16)17/h3-5,7,12H,6H2,1-2H3,(H,14,15). The van der Waals surface area contributed by atoms with Gasteiger partial charge in [0.1, 0.15) is 0 Å². The molecular weight excluding hydrogens is 240 g/mol. The molecule has 7 heteroatoms. The largest absolute Gasteiger partial charge is 0.490 e. The van der Waals surface area contributed by atoms with E-state index < -0.39 is 16.8 Å². The van der Waals surface area contributed by atoms with Crippen molar-refractivity contribution in [2.24, 2.45) is 5.92 Å². The maximum atomic E-state index is 10.8. The molecule has 1 rings (SSSR count). The number of methoxy groups -OCH3 is 1. The number of carbonyl (C=O) groups is 1. The molecule has 0 saturated carbocycles. The van der Waals surface area contributed by atoms with Crippen LogP contribution >= 0.6 is 0 Å². The predicted molar refractivity (Wildman–Crippen MR) is 64.9 cm³/mol. The van der Waals surface area contributed by atoms with E-state index in [0.717, 1.165) is 0 Å². The van der Waals surface area contributed by atoms with Gasteiger partial charge in [-0.15, -0.1) is 0 Å². The molecule has 0 aliphatic rings. The van der Waals surface area contributed by atoms with Crippen LogP contribution in [0.2, 0.25) is 0 Å². The van der Waals surface area contributed by atoms with Crippen molar-refractivity contribution in [3.8, 4) is 5.75 Å². The first-order chi connectivity index (χ1) is 8.45. The number of nitrogens with zero attached hydrogens (tertiary/aromatic N) is 1. The summed E-state index contributed by atoms with van der Waals surface area (Å²) in [5.74, 6) is -1.34. The number of rotatable bonds is 6. The number of nitro benzene ring substituents is 1. The van der Waals surface area contributed by atoms with Gasteiger partial charge < -0.3 is 15.2 Å².